The van der Waals surface area contributed by atoms with Gasteiger partial charge in [-0.3, -0.25) is 0 Å². The van der Waals surface area contributed by atoms with Crippen molar-refractivity contribution in [2.75, 3.05) is 0 Å². The van der Waals surface area contributed by atoms with Gasteiger partial charge in [-0.1, -0.05) is 0 Å². The third-order valence-corrected chi connectivity index (χ3v) is 1.44. The first-order chi connectivity index (χ1) is 5.75. The molecule has 2 aromatic rings. The first-order valence-corrected chi connectivity index (χ1v) is 3.31. The van der Waals surface area contributed by atoms with Gasteiger partial charge < -0.3 is 4.42 Å². The van der Waals surface area contributed by atoms with Gasteiger partial charge in [-0.2, -0.15) is 0 Å². The summed E-state index contributed by atoms with van der Waals surface area (Å²) in [6, 6.07) is 3.95. The summed E-state index contributed by atoms with van der Waals surface area (Å²) in [6.07, 6.45) is 1.01. The van der Waals surface area contributed by atoms with Gasteiger partial charge in [0.15, 0.2) is 0 Å². The van der Waals surface area contributed by atoms with E-state index >= 15 is 0 Å². The number of hydrogen-bond donors (Lipinski definition) is 0. The fourth-order valence-corrected chi connectivity index (χ4v) is 0.934. The van der Waals surface area contributed by atoms with Gasteiger partial charge in [0.05, 0.1) is 6.20 Å². The SMILES string of the molecule is O=c1ccc2cc(F)cnc2o1. The minimum Gasteiger partial charge on any atom is -0.404 e. The number of halogens is 1. The molecule has 0 fully saturated rings. The summed E-state index contributed by atoms with van der Waals surface area (Å²) in [5, 5.41) is 0.481. The van der Waals surface area contributed by atoms with Crippen LogP contribution in [0.4, 0.5) is 4.39 Å². The Labute approximate surface area is 66.5 Å². The largest absolute Gasteiger partial charge is 0.404 e. The van der Waals surface area contributed by atoms with Crippen LogP contribution in [0.2, 0.25) is 0 Å². The molecule has 0 aliphatic rings. The Balaban J connectivity index is 2.87. The fourth-order valence-electron chi connectivity index (χ4n) is 0.934. The molecule has 4 heteroatoms. The van der Waals surface area contributed by atoms with Crippen LogP contribution >= 0.6 is 0 Å². The summed E-state index contributed by atoms with van der Waals surface area (Å²) in [5.41, 5.74) is -0.328. The van der Waals surface area contributed by atoms with Crippen LogP contribution in [0.5, 0.6) is 0 Å². The summed E-state index contributed by atoms with van der Waals surface area (Å²) in [6.45, 7) is 0. The van der Waals surface area contributed by atoms with E-state index < -0.39 is 11.4 Å². The molecule has 0 N–H and O–H groups in total. The lowest BCUT2D eigenvalue weighted by Crippen LogP contribution is -1.95. The first-order valence-electron chi connectivity index (χ1n) is 3.31. The second-order valence-electron chi connectivity index (χ2n) is 2.30. The maximum Gasteiger partial charge on any atom is 0.337 e. The summed E-state index contributed by atoms with van der Waals surface area (Å²) in [5.74, 6) is -0.448. The van der Waals surface area contributed by atoms with Crippen molar-refractivity contribution < 1.29 is 8.81 Å². The highest BCUT2D eigenvalue weighted by Gasteiger charge is 1.98. The third-order valence-electron chi connectivity index (χ3n) is 1.44. The number of pyridine rings is 1. The predicted octanol–water partition coefficient (Wildman–Crippen LogP) is 1.33. The van der Waals surface area contributed by atoms with E-state index in [1.807, 2.05) is 0 Å². The number of nitrogens with zero attached hydrogens (tertiary/aromatic N) is 1. The second kappa shape index (κ2) is 2.41. The molecular formula is C8H4FNO2. The molecule has 3 nitrogen and oxygen atoms in total. The normalized spacial score (nSPS) is 10.4. The molecular weight excluding hydrogens is 161 g/mol. The van der Waals surface area contributed by atoms with Gasteiger partial charge in [0.2, 0.25) is 5.71 Å². The topological polar surface area (TPSA) is 43.1 Å². The van der Waals surface area contributed by atoms with Crippen molar-refractivity contribution in [3.8, 4) is 0 Å². The summed E-state index contributed by atoms with van der Waals surface area (Å²) < 4.78 is 17.2. The minimum absolute atomic E-state index is 0.156. The second-order valence-corrected chi connectivity index (χ2v) is 2.30. The van der Waals surface area contributed by atoms with Crippen molar-refractivity contribution in [3.05, 3.63) is 40.6 Å². The molecule has 0 bridgehead atoms. The van der Waals surface area contributed by atoms with E-state index in [9.17, 15) is 9.18 Å². The molecule has 0 aliphatic carbocycles. The van der Waals surface area contributed by atoms with E-state index in [1.165, 1.54) is 18.2 Å². The molecule has 0 amide bonds. The zero-order valence-corrected chi connectivity index (χ0v) is 5.95. The molecule has 0 unspecified atom stereocenters. The lowest BCUT2D eigenvalue weighted by molar-refractivity contribution is 0.545. The van der Waals surface area contributed by atoms with Crippen molar-refractivity contribution in [2.45, 2.75) is 0 Å². The van der Waals surface area contributed by atoms with Crippen LogP contribution in [0.25, 0.3) is 11.1 Å². The highest BCUT2D eigenvalue weighted by Crippen LogP contribution is 2.08. The summed E-state index contributed by atoms with van der Waals surface area (Å²) in [4.78, 5) is 14.3. The van der Waals surface area contributed by atoms with Crippen LogP contribution in [0.3, 0.4) is 0 Å². The highest BCUT2D eigenvalue weighted by molar-refractivity contribution is 5.71. The summed E-state index contributed by atoms with van der Waals surface area (Å²) >= 11 is 0. The van der Waals surface area contributed by atoms with Gasteiger partial charge in [-0.05, 0) is 12.1 Å². The predicted molar refractivity (Wildman–Crippen MR) is 40.2 cm³/mol. The molecule has 0 saturated heterocycles. The molecule has 0 atom stereocenters. The Kier molecular flexibility index (Phi) is 1.40. The standard InChI is InChI=1S/C8H4FNO2/c9-6-3-5-1-2-7(11)12-8(5)10-4-6/h1-4H. The van der Waals surface area contributed by atoms with E-state index in [-0.39, 0.29) is 5.71 Å². The molecule has 0 aliphatic heterocycles. The molecule has 2 aromatic heterocycles. The van der Waals surface area contributed by atoms with Crippen LogP contribution in [0.15, 0.2) is 33.6 Å². The van der Waals surface area contributed by atoms with Crippen molar-refractivity contribution in [3.63, 3.8) is 0 Å². The zero-order valence-electron chi connectivity index (χ0n) is 5.95. The zero-order chi connectivity index (χ0) is 8.55. The van der Waals surface area contributed by atoms with Crippen LogP contribution in [0.1, 0.15) is 0 Å². The quantitative estimate of drug-likeness (QED) is 0.591. The van der Waals surface area contributed by atoms with Crippen LogP contribution in [0, 0.1) is 5.82 Å². The smallest absolute Gasteiger partial charge is 0.337 e. The number of aromatic nitrogens is 1. The minimum atomic E-state index is -0.485. The fraction of sp³-hybridized carbons (Fsp3) is 0. The molecule has 2 heterocycles. The molecule has 0 spiro atoms. The Morgan fingerprint density at radius 3 is 3.08 bits per heavy atom. The maximum absolute atomic E-state index is 12.6. The Morgan fingerprint density at radius 1 is 1.42 bits per heavy atom. The van der Waals surface area contributed by atoms with E-state index in [0.29, 0.717) is 5.39 Å². The van der Waals surface area contributed by atoms with Crippen molar-refractivity contribution in [2.24, 2.45) is 0 Å². The maximum atomic E-state index is 12.6. The molecule has 60 valence electrons. The average Bonchev–Trinajstić information content (AvgIpc) is 2.05. The van der Waals surface area contributed by atoms with E-state index in [0.717, 1.165) is 6.20 Å². The average molecular weight is 165 g/mol. The molecule has 0 aromatic carbocycles. The third kappa shape index (κ3) is 1.07. The monoisotopic (exact) mass is 165 g/mol. The van der Waals surface area contributed by atoms with Gasteiger partial charge in [0, 0.05) is 11.5 Å². The van der Waals surface area contributed by atoms with Gasteiger partial charge in [0.1, 0.15) is 5.82 Å². The Hall–Kier alpha value is -1.71. The lowest BCUT2D eigenvalue weighted by Gasteiger charge is -1.92. The van der Waals surface area contributed by atoms with Crippen LogP contribution < -0.4 is 5.63 Å². The van der Waals surface area contributed by atoms with E-state index in [1.54, 1.807) is 0 Å². The Bertz CT molecular complexity index is 478. The van der Waals surface area contributed by atoms with Crippen molar-refractivity contribution >= 4 is 11.1 Å². The van der Waals surface area contributed by atoms with Gasteiger partial charge in [-0.15, -0.1) is 0 Å². The molecule has 12 heavy (non-hydrogen) atoms. The van der Waals surface area contributed by atoms with E-state index in [4.69, 9.17) is 0 Å². The van der Waals surface area contributed by atoms with Gasteiger partial charge in [-0.25, -0.2) is 14.2 Å². The van der Waals surface area contributed by atoms with Gasteiger partial charge in [0.25, 0.3) is 0 Å². The Morgan fingerprint density at radius 2 is 2.25 bits per heavy atom. The van der Waals surface area contributed by atoms with Gasteiger partial charge >= 0.3 is 5.63 Å². The molecule has 0 saturated carbocycles. The lowest BCUT2D eigenvalue weighted by atomic mass is 10.3. The summed E-state index contributed by atoms with van der Waals surface area (Å²) in [7, 11) is 0. The van der Waals surface area contributed by atoms with Crippen LogP contribution in [-0.2, 0) is 0 Å². The van der Waals surface area contributed by atoms with E-state index in [2.05, 4.69) is 9.40 Å². The van der Waals surface area contributed by atoms with Crippen LogP contribution in [-0.4, -0.2) is 4.98 Å². The number of hydrogen-bond acceptors (Lipinski definition) is 3. The van der Waals surface area contributed by atoms with Crippen molar-refractivity contribution in [1.29, 1.82) is 0 Å². The molecule has 2 rings (SSSR count). The van der Waals surface area contributed by atoms with Crippen molar-refractivity contribution in [1.82, 2.24) is 4.98 Å². The molecule has 0 radical (unpaired) electrons. The number of rotatable bonds is 0. The first kappa shape index (κ1) is 6.97. The number of fused-ring (bicyclic) bond motifs is 1. The highest BCUT2D eigenvalue weighted by atomic mass is 19.1.